The molecule has 2 heterocycles. The van der Waals surface area contributed by atoms with Gasteiger partial charge in [-0.25, -0.2) is 0 Å². The number of hydrogen-bond acceptors (Lipinski definition) is 4. The van der Waals surface area contributed by atoms with E-state index in [1.807, 2.05) is 49.4 Å². The Hall–Kier alpha value is -2.99. The fourth-order valence-electron chi connectivity index (χ4n) is 4.65. The van der Waals surface area contributed by atoms with Crippen LogP contribution in [0, 0.1) is 0 Å². The molecule has 2 aromatic carbocycles. The molecule has 2 aliphatic rings. The number of nitrogens with zero attached hydrogens (tertiary/aromatic N) is 1. The van der Waals surface area contributed by atoms with Gasteiger partial charge in [0.1, 0.15) is 0 Å². The molecule has 2 fully saturated rings. The number of carbonyl (C=O) groups excluding carboxylic acids is 3. The number of hydrogen-bond donors (Lipinski definition) is 2. The van der Waals surface area contributed by atoms with Gasteiger partial charge in [0.05, 0.1) is 5.41 Å². The van der Waals surface area contributed by atoms with Gasteiger partial charge in [0, 0.05) is 24.2 Å². The van der Waals surface area contributed by atoms with E-state index < -0.39 is 5.41 Å². The Morgan fingerprint density at radius 1 is 1.10 bits per heavy atom. The highest BCUT2D eigenvalue weighted by Crippen LogP contribution is 2.36. The van der Waals surface area contributed by atoms with Gasteiger partial charge in [-0.05, 0) is 74.2 Å². The number of likely N-dealkylation sites (tertiary alicyclic amines) is 1. The smallest absolute Gasteiger partial charge is 0.255 e. The molecule has 2 N–H and O–H groups in total. The molecule has 0 aliphatic carbocycles. The summed E-state index contributed by atoms with van der Waals surface area (Å²) in [4.78, 5) is 39.3. The maximum atomic E-state index is 12.8. The van der Waals surface area contributed by atoms with E-state index in [0.717, 1.165) is 30.8 Å². The second-order valence-electron chi connectivity index (χ2n) is 8.53. The van der Waals surface area contributed by atoms with E-state index in [2.05, 4.69) is 21.6 Å². The van der Waals surface area contributed by atoms with Gasteiger partial charge >= 0.3 is 0 Å². The summed E-state index contributed by atoms with van der Waals surface area (Å²) in [5, 5.41) is 5.42. The van der Waals surface area contributed by atoms with Crippen LogP contribution in [0.3, 0.4) is 0 Å². The van der Waals surface area contributed by atoms with Crippen LogP contribution in [0.5, 0.6) is 0 Å². The first-order chi connectivity index (χ1) is 15.0. The van der Waals surface area contributed by atoms with Crippen LogP contribution in [-0.2, 0) is 21.5 Å². The first-order valence-electron chi connectivity index (χ1n) is 11.1. The fourth-order valence-corrected chi connectivity index (χ4v) is 4.65. The van der Waals surface area contributed by atoms with Crippen LogP contribution < -0.4 is 10.6 Å². The van der Waals surface area contributed by atoms with Gasteiger partial charge in [-0.15, -0.1) is 0 Å². The molecule has 3 amide bonds. The minimum atomic E-state index is -0.694. The van der Waals surface area contributed by atoms with Crippen molar-refractivity contribution in [1.82, 2.24) is 10.2 Å². The average Bonchev–Trinajstić information content (AvgIpc) is 3.28. The minimum absolute atomic E-state index is 0.151. The third-order valence-electron chi connectivity index (χ3n) is 6.56. The largest absolute Gasteiger partial charge is 0.322 e. The van der Waals surface area contributed by atoms with Gasteiger partial charge in [0.15, 0.2) is 0 Å². The summed E-state index contributed by atoms with van der Waals surface area (Å²) >= 11 is 0. The van der Waals surface area contributed by atoms with Gasteiger partial charge in [-0.2, -0.15) is 0 Å². The number of benzene rings is 2. The zero-order valence-corrected chi connectivity index (χ0v) is 17.9. The quantitative estimate of drug-likeness (QED) is 0.701. The zero-order chi connectivity index (χ0) is 21.8. The van der Waals surface area contributed by atoms with E-state index in [-0.39, 0.29) is 17.7 Å². The van der Waals surface area contributed by atoms with Crippen LogP contribution in [-0.4, -0.2) is 35.7 Å². The fraction of sp³-hybridized carbons (Fsp3) is 0.400. The Morgan fingerprint density at radius 2 is 1.84 bits per heavy atom. The minimum Gasteiger partial charge on any atom is -0.322 e. The Morgan fingerprint density at radius 3 is 2.52 bits per heavy atom. The van der Waals surface area contributed by atoms with Gasteiger partial charge < -0.3 is 5.32 Å². The standard InChI is InChI=1S/C25H29N3O3/c1-2-25(13-12-22(29)27-24(25)31)20-8-10-21(11-9-20)26-23(30)19-7-5-6-18(16-19)17-28-14-3-4-15-28/h5-11,16H,2-4,12-15,17H2,1H3,(H,26,30)(H,27,29,31). The normalized spacial score (nSPS) is 21.7. The lowest BCUT2D eigenvalue weighted by atomic mass is 9.72. The SMILES string of the molecule is CCC1(c2ccc(NC(=O)c3cccc(CN4CCCC4)c3)cc2)CCC(=O)NC1=O. The first kappa shape index (κ1) is 21.2. The number of imide groups is 1. The molecule has 6 heteroatoms. The van der Waals surface area contributed by atoms with Crippen molar-refractivity contribution in [2.75, 3.05) is 18.4 Å². The Labute approximate surface area is 183 Å². The van der Waals surface area contributed by atoms with Crippen molar-refractivity contribution in [1.29, 1.82) is 0 Å². The summed E-state index contributed by atoms with van der Waals surface area (Å²) in [5.41, 5.74) is 2.63. The Kier molecular flexibility index (Phi) is 6.18. The lowest BCUT2D eigenvalue weighted by molar-refractivity contribution is -0.138. The molecule has 0 radical (unpaired) electrons. The van der Waals surface area contributed by atoms with E-state index in [1.54, 1.807) is 0 Å². The molecule has 162 valence electrons. The highest BCUT2D eigenvalue weighted by Gasteiger charge is 2.42. The average molecular weight is 420 g/mol. The van der Waals surface area contributed by atoms with Gasteiger partial charge in [0.25, 0.3) is 5.91 Å². The summed E-state index contributed by atoms with van der Waals surface area (Å²) in [6.45, 7) is 5.07. The van der Waals surface area contributed by atoms with Crippen LogP contribution in [0.1, 0.15) is 60.5 Å². The van der Waals surface area contributed by atoms with Crippen molar-refractivity contribution >= 4 is 23.4 Å². The lowest BCUT2D eigenvalue weighted by Crippen LogP contribution is -2.51. The molecule has 0 saturated carbocycles. The van der Waals surface area contributed by atoms with Gasteiger partial charge in [0.2, 0.25) is 11.8 Å². The number of carbonyl (C=O) groups is 3. The van der Waals surface area contributed by atoms with Crippen LogP contribution >= 0.6 is 0 Å². The Balaban J connectivity index is 1.45. The van der Waals surface area contributed by atoms with E-state index in [0.29, 0.717) is 30.5 Å². The third-order valence-corrected chi connectivity index (χ3v) is 6.56. The third kappa shape index (κ3) is 4.54. The van der Waals surface area contributed by atoms with E-state index in [1.165, 1.54) is 12.8 Å². The second-order valence-corrected chi connectivity index (χ2v) is 8.53. The van der Waals surface area contributed by atoms with E-state index >= 15 is 0 Å². The Bertz CT molecular complexity index is 980. The van der Waals surface area contributed by atoms with Gasteiger partial charge in [-0.3, -0.25) is 24.6 Å². The molecule has 1 atom stereocenters. The molecule has 6 nitrogen and oxygen atoms in total. The van der Waals surface area contributed by atoms with Crippen LogP contribution in [0.2, 0.25) is 0 Å². The molecule has 4 rings (SSSR count). The molecule has 2 saturated heterocycles. The second kappa shape index (κ2) is 9.02. The molecular weight excluding hydrogens is 390 g/mol. The van der Waals surface area contributed by atoms with Crippen LogP contribution in [0.15, 0.2) is 48.5 Å². The maximum Gasteiger partial charge on any atom is 0.255 e. The summed E-state index contributed by atoms with van der Waals surface area (Å²) < 4.78 is 0. The predicted molar refractivity (Wildman–Crippen MR) is 120 cm³/mol. The predicted octanol–water partition coefficient (Wildman–Crippen LogP) is 3.62. The lowest BCUT2D eigenvalue weighted by Gasteiger charge is -2.35. The number of amides is 3. The molecule has 0 bridgehead atoms. The summed E-state index contributed by atoms with van der Waals surface area (Å²) in [6, 6.07) is 15.2. The topological polar surface area (TPSA) is 78.5 Å². The molecule has 1 unspecified atom stereocenters. The maximum absolute atomic E-state index is 12.8. The molecule has 31 heavy (non-hydrogen) atoms. The van der Waals surface area contributed by atoms with Crippen molar-refractivity contribution in [2.45, 2.75) is 51.0 Å². The van der Waals surface area contributed by atoms with Gasteiger partial charge in [-0.1, -0.05) is 31.2 Å². The van der Waals surface area contributed by atoms with E-state index in [9.17, 15) is 14.4 Å². The molecule has 2 aromatic rings. The van der Waals surface area contributed by atoms with Crippen molar-refractivity contribution in [3.8, 4) is 0 Å². The van der Waals surface area contributed by atoms with Crippen molar-refractivity contribution in [3.63, 3.8) is 0 Å². The van der Waals surface area contributed by atoms with Crippen molar-refractivity contribution < 1.29 is 14.4 Å². The highest BCUT2D eigenvalue weighted by molar-refractivity contribution is 6.05. The van der Waals surface area contributed by atoms with E-state index in [4.69, 9.17) is 0 Å². The molecule has 0 spiro atoms. The molecule has 2 aliphatic heterocycles. The summed E-state index contributed by atoms with van der Waals surface area (Å²) in [5.74, 6) is -0.606. The first-order valence-corrected chi connectivity index (χ1v) is 11.1. The van der Waals surface area contributed by atoms with Crippen molar-refractivity contribution in [3.05, 3.63) is 65.2 Å². The highest BCUT2D eigenvalue weighted by atomic mass is 16.2. The van der Waals surface area contributed by atoms with Crippen molar-refractivity contribution in [2.24, 2.45) is 0 Å². The number of anilines is 1. The molecular formula is C25H29N3O3. The number of piperidine rings is 1. The number of rotatable bonds is 6. The van der Waals surface area contributed by atoms with Crippen LogP contribution in [0.4, 0.5) is 5.69 Å². The monoisotopic (exact) mass is 419 g/mol. The summed E-state index contributed by atoms with van der Waals surface area (Å²) in [7, 11) is 0. The summed E-state index contributed by atoms with van der Waals surface area (Å²) in [6.07, 6.45) is 3.94. The zero-order valence-electron chi connectivity index (χ0n) is 17.9. The number of nitrogens with one attached hydrogen (secondary N) is 2. The molecule has 0 aromatic heterocycles. The van der Waals surface area contributed by atoms with Crippen LogP contribution in [0.25, 0.3) is 0 Å².